The van der Waals surface area contributed by atoms with Crippen LogP contribution in [0.2, 0.25) is 0 Å². The minimum Gasteiger partial charge on any atom is -0.378 e. The molecule has 0 unspecified atom stereocenters. The van der Waals surface area contributed by atoms with Gasteiger partial charge < -0.3 is 15.0 Å². The van der Waals surface area contributed by atoms with E-state index in [-0.39, 0.29) is 5.91 Å². The molecule has 1 aromatic carbocycles. The Morgan fingerprint density at radius 3 is 2.67 bits per heavy atom. The van der Waals surface area contributed by atoms with E-state index in [1.165, 1.54) is 5.56 Å². The number of anilines is 2. The Hall–Kier alpha value is -2.47. The van der Waals surface area contributed by atoms with Crippen LogP contribution in [-0.2, 0) is 4.74 Å². The Kier molecular flexibility index (Phi) is 4.76. The zero-order chi connectivity index (χ0) is 17.1. The molecule has 0 spiro atoms. The van der Waals surface area contributed by atoms with Crippen LogP contribution in [0.5, 0.6) is 0 Å². The van der Waals surface area contributed by atoms with Gasteiger partial charge in [0.2, 0.25) is 0 Å². The third-order valence-corrected chi connectivity index (χ3v) is 4.22. The van der Waals surface area contributed by atoms with E-state index in [2.05, 4.69) is 35.2 Å². The van der Waals surface area contributed by atoms with Crippen molar-refractivity contribution in [3.8, 4) is 0 Å². The summed E-state index contributed by atoms with van der Waals surface area (Å²) >= 11 is 0. The number of carbonyl (C=O) groups excluding carboxylic acids is 1. The lowest BCUT2D eigenvalue weighted by Crippen LogP contribution is -2.41. The summed E-state index contributed by atoms with van der Waals surface area (Å²) in [5.74, 6) is 1.13. The lowest BCUT2D eigenvalue weighted by molar-refractivity contribution is 0.0299. The maximum absolute atomic E-state index is 12.6. The van der Waals surface area contributed by atoms with Gasteiger partial charge in [-0.2, -0.15) is 0 Å². The predicted molar refractivity (Wildman–Crippen MR) is 92.7 cm³/mol. The molecule has 3 rings (SSSR count). The minimum atomic E-state index is -0.0761. The molecule has 0 radical (unpaired) electrons. The van der Waals surface area contributed by atoms with Crippen molar-refractivity contribution in [3.63, 3.8) is 0 Å². The summed E-state index contributed by atoms with van der Waals surface area (Å²) in [5, 5.41) is 3.31. The molecule has 0 atom stereocenters. The number of nitrogens with one attached hydrogen (secondary N) is 1. The highest BCUT2D eigenvalue weighted by Gasteiger charge is 2.20. The fraction of sp³-hybridized carbons (Fsp3) is 0.389. The van der Waals surface area contributed by atoms with E-state index in [4.69, 9.17) is 4.74 Å². The van der Waals surface area contributed by atoms with Crippen molar-refractivity contribution in [1.29, 1.82) is 0 Å². The average molecular weight is 326 g/mol. The van der Waals surface area contributed by atoms with Crippen LogP contribution >= 0.6 is 0 Å². The summed E-state index contributed by atoms with van der Waals surface area (Å²) < 4.78 is 5.30. The van der Waals surface area contributed by atoms with Crippen molar-refractivity contribution in [2.45, 2.75) is 20.8 Å². The number of amides is 1. The van der Waals surface area contributed by atoms with Gasteiger partial charge in [0.1, 0.15) is 17.3 Å². The monoisotopic (exact) mass is 326 g/mol. The largest absolute Gasteiger partial charge is 0.378 e. The molecule has 1 saturated heterocycles. The van der Waals surface area contributed by atoms with E-state index in [1.807, 2.05) is 12.1 Å². The number of nitrogens with zero attached hydrogens (tertiary/aromatic N) is 3. The van der Waals surface area contributed by atoms with E-state index < -0.39 is 0 Å². The first kappa shape index (κ1) is 16.4. The van der Waals surface area contributed by atoms with Gasteiger partial charge in [-0.15, -0.1) is 0 Å². The van der Waals surface area contributed by atoms with Crippen LogP contribution < -0.4 is 5.32 Å². The Morgan fingerprint density at radius 1 is 1.17 bits per heavy atom. The van der Waals surface area contributed by atoms with Gasteiger partial charge in [0, 0.05) is 24.8 Å². The molecule has 6 nitrogen and oxygen atoms in total. The summed E-state index contributed by atoms with van der Waals surface area (Å²) in [5.41, 5.74) is 3.76. The smallest absolute Gasteiger partial charge is 0.272 e. The summed E-state index contributed by atoms with van der Waals surface area (Å²) in [6.45, 7) is 8.27. The highest BCUT2D eigenvalue weighted by atomic mass is 16.5. The highest BCUT2D eigenvalue weighted by Crippen LogP contribution is 2.22. The first-order chi connectivity index (χ1) is 11.5. The molecule has 1 N–H and O–H groups in total. The van der Waals surface area contributed by atoms with Gasteiger partial charge in [-0.05, 0) is 38.0 Å². The molecule has 0 aliphatic carbocycles. The predicted octanol–water partition coefficient (Wildman–Crippen LogP) is 2.62. The van der Waals surface area contributed by atoms with Crippen molar-refractivity contribution in [2.75, 3.05) is 31.6 Å². The van der Waals surface area contributed by atoms with E-state index in [0.717, 1.165) is 11.3 Å². The topological polar surface area (TPSA) is 67.4 Å². The summed E-state index contributed by atoms with van der Waals surface area (Å²) in [6, 6.07) is 7.79. The molecular weight excluding hydrogens is 304 g/mol. The van der Waals surface area contributed by atoms with E-state index in [9.17, 15) is 4.79 Å². The van der Waals surface area contributed by atoms with Crippen LogP contribution in [0.25, 0.3) is 0 Å². The molecule has 1 aromatic heterocycles. The van der Waals surface area contributed by atoms with Crippen LogP contribution in [0.15, 0.2) is 24.3 Å². The highest BCUT2D eigenvalue weighted by molar-refractivity contribution is 5.93. The Labute approximate surface area is 141 Å². The van der Waals surface area contributed by atoms with Crippen molar-refractivity contribution < 1.29 is 9.53 Å². The zero-order valence-corrected chi connectivity index (χ0v) is 14.3. The molecule has 0 bridgehead atoms. The number of rotatable bonds is 3. The summed E-state index contributed by atoms with van der Waals surface area (Å²) in [7, 11) is 0. The fourth-order valence-corrected chi connectivity index (χ4v) is 2.69. The Bertz CT molecular complexity index is 755. The molecule has 2 aromatic rings. The molecule has 1 fully saturated rings. The van der Waals surface area contributed by atoms with Gasteiger partial charge in [-0.25, -0.2) is 9.97 Å². The molecule has 1 aliphatic heterocycles. The van der Waals surface area contributed by atoms with E-state index in [0.29, 0.717) is 43.6 Å². The van der Waals surface area contributed by atoms with Gasteiger partial charge >= 0.3 is 0 Å². The third kappa shape index (κ3) is 3.54. The average Bonchev–Trinajstić information content (AvgIpc) is 2.58. The normalized spacial score (nSPS) is 14.5. The van der Waals surface area contributed by atoms with Gasteiger partial charge in [0.15, 0.2) is 0 Å². The maximum Gasteiger partial charge on any atom is 0.272 e. The number of hydrogen-bond acceptors (Lipinski definition) is 5. The van der Waals surface area contributed by atoms with E-state index in [1.54, 1.807) is 17.9 Å². The van der Waals surface area contributed by atoms with Crippen LogP contribution in [0.1, 0.15) is 27.4 Å². The first-order valence-corrected chi connectivity index (χ1v) is 8.10. The number of carbonyl (C=O) groups is 1. The van der Waals surface area contributed by atoms with Crippen molar-refractivity contribution >= 4 is 17.4 Å². The van der Waals surface area contributed by atoms with Crippen LogP contribution in [0.4, 0.5) is 11.5 Å². The van der Waals surface area contributed by atoms with Gasteiger partial charge in [0.25, 0.3) is 5.91 Å². The minimum absolute atomic E-state index is 0.0761. The molecule has 1 amide bonds. The van der Waals surface area contributed by atoms with Crippen molar-refractivity contribution in [3.05, 3.63) is 46.9 Å². The molecule has 6 heteroatoms. The van der Waals surface area contributed by atoms with Crippen molar-refractivity contribution in [2.24, 2.45) is 0 Å². The third-order valence-electron chi connectivity index (χ3n) is 4.22. The SMILES string of the molecule is Cc1nc(Nc2cccc(C)c2C)cc(C(=O)N2CCOCC2)n1. The molecular formula is C18H22N4O2. The second kappa shape index (κ2) is 6.97. The summed E-state index contributed by atoms with van der Waals surface area (Å²) in [6.07, 6.45) is 0. The lowest BCUT2D eigenvalue weighted by atomic mass is 10.1. The van der Waals surface area contributed by atoms with Gasteiger partial charge in [0.05, 0.1) is 13.2 Å². The number of aryl methyl sites for hydroxylation is 2. The summed E-state index contributed by atoms with van der Waals surface area (Å²) in [4.78, 5) is 23.1. The second-order valence-corrected chi connectivity index (χ2v) is 5.96. The standard InChI is InChI=1S/C18H22N4O2/c1-12-5-4-6-15(13(12)2)21-17-11-16(19-14(3)20-17)18(23)22-7-9-24-10-8-22/h4-6,11H,7-10H2,1-3H3,(H,19,20,21). The lowest BCUT2D eigenvalue weighted by Gasteiger charge is -2.26. The Balaban J connectivity index is 1.86. The van der Waals surface area contributed by atoms with Crippen molar-refractivity contribution in [1.82, 2.24) is 14.9 Å². The van der Waals surface area contributed by atoms with Gasteiger partial charge in [-0.3, -0.25) is 4.79 Å². The quantitative estimate of drug-likeness (QED) is 0.939. The number of hydrogen-bond donors (Lipinski definition) is 1. The van der Waals surface area contributed by atoms with Gasteiger partial charge in [-0.1, -0.05) is 12.1 Å². The second-order valence-electron chi connectivity index (χ2n) is 5.96. The number of benzene rings is 1. The van der Waals surface area contributed by atoms with Crippen LogP contribution in [0.3, 0.4) is 0 Å². The van der Waals surface area contributed by atoms with Crippen LogP contribution in [0, 0.1) is 20.8 Å². The molecule has 0 saturated carbocycles. The molecule has 126 valence electrons. The molecule has 24 heavy (non-hydrogen) atoms. The number of aromatic nitrogens is 2. The van der Waals surface area contributed by atoms with E-state index >= 15 is 0 Å². The fourth-order valence-electron chi connectivity index (χ4n) is 2.69. The Morgan fingerprint density at radius 2 is 1.92 bits per heavy atom. The number of morpholine rings is 1. The first-order valence-electron chi connectivity index (χ1n) is 8.10. The zero-order valence-electron chi connectivity index (χ0n) is 14.3. The number of ether oxygens (including phenoxy) is 1. The molecule has 1 aliphatic rings. The molecule has 2 heterocycles. The maximum atomic E-state index is 12.6. The van der Waals surface area contributed by atoms with Crippen LogP contribution in [-0.4, -0.2) is 47.1 Å².